The Bertz CT molecular complexity index is 1120. The van der Waals surface area contributed by atoms with Crippen molar-refractivity contribution in [2.75, 3.05) is 6.61 Å². The maximum absolute atomic E-state index is 13.3. The third-order valence-electron chi connectivity index (χ3n) is 7.60. The van der Waals surface area contributed by atoms with Crippen molar-refractivity contribution in [2.24, 2.45) is 23.5 Å². The molecule has 17 heteroatoms. The lowest BCUT2D eigenvalue weighted by Gasteiger charge is -2.28. The Hall–Kier alpha value is -3.83. The summed E-state index contributed by atoms with van der Waals surface area (Å²) < 4.78 is 0. The van der Waals surface area contributed by atoms with Gasteiger partial charge in [-0.1, -0.05) is 48.0 Å². The van der Waals surface area contributed by atoms with E-state index in [2.05, 4.69) is 31.9 Å². The predicted molar refractivity (Wildman–Crippen MR) is 176 cm³/mol. The predicted octanol–water partition coefficient (Wildman–Crippen LogP) is -2.14. The molecule has 0 fully saturated rings. The number of rotatable bonds is 21. The minimum atomic E-state index is -1.57. The van der Waals surface area contributed by atoms with Crippen LogP contribution in [0.25, 0.3) is 0 Å². The smallest absolute Gasteiger partial charge is 0.328 e. The highest BCUT2D eigenvalue weighted by atomic mass is 16.4. The Balaban J connectivity index is 5.62. The molecule has 9 atom stereocenters. The van der Waals surface area contributed by atoms with Gasteiger partial charge in [0.1, 0.15) is 42.3 Å². The summed E-state index contributed by atoms with van der Waals surface area (Å²) in [6.45, 7) is 14.0. The summed E-state index contributed by atoms with van der Waals surface area (Å²) >= 11 is 0. The molecule has 48 heavy (non-hydrogen) atoms. The molecule has 0 radical (unpaired) electrons. The number of carboxylic acids is 1. The highest BCUT2D eigenvalue weighted by Gasteiger charge is 2.33. The maximum Gasteiger partial charge on any atom is 0.328 e. The largest absolute Gasteiger partial charge is 0.480 e. The number of carbonyl (C=O) groups excluding carboxylic acids is 6. The lowest BCUT2D eigenvalue weighted by atomic mass is 9.97. The topological polar surface area (TPSA) is 278 Å². The normalized spacial score (nSPS) is 17.0. The summed E-state index contributed by atoms with van der Waals surface area (Å²) in [4.78, 5) is 88.9. The fourth-order valence-corrected chi connectivity index (χ4v) is 4.38. The number of hydrogen-bond donors (Lipinski definition) is 10. The standard InChI is InChI=1S/C31H57N7O10/c1-10-16(6)24(38-29(45)23(32)19(9)40)30(46)34-17(7)25(41)33-18(8)26(42)35-20(11-14(2)3)27(43)36-21(12-15(4)5)28(44)37-22(13-39)31(47)48/h14-24,39-40H,10-13,32H2,1-9H3,(H,33,41)(H,34,46)(H,35,42)(H,36,43)(H,37,44)(H,38,45)(H,47,48)/t16-,17-,18-,19+,20-,21-,22-,23-,24-/m0/s1. The molecule has 0 saturated carbocycles. The highest BCUT2D eigenvalue weighted by Crippen LogP contribution is 2.11. The SMILES string of the molecule is CC[C@H](C)[C@H](NC(=O)[C@@H](N)[C@@H](C)O)C(=O)N[C@@H](C)C(=O)N[C@@H](C)C(=O)N[C@@H](CC(C)C)C(=O)N[C@@H](CC(C)C)C(=O)N[C@@H](CO)C(=O)O. The number of nitrogens with two attached hydrogens (primary N) is 1. The molecular weight excluding hydrogens is 630 g/mol. The summed E-state index contributed by atoms with van der Waals surface area (Å²) in [5.41, 5.74) is 5.68. The van der Waals surface area contributed by atoms with E-state index in [9.17, 15) is 48.9 Å². The average molecular weight is 688 g/mol. The van der Waals surface area contributed by atoms with E-state index in [0.29, 0.717) is 6.42 Å². The first-order valence-corrected chi connectivity index (χ1v) is 16.3. The van der Waals surface area contributed by atoms with Crippen molar-refractivity contribution in [1.82, 2.24) is 31.9 Å². The van der Waals surface area contributed by atoms with E-state index >= 15 is 0 Å². The molecular formula is C31H57N7O10. The van der Waals surface area contributed by atoms with Gasteiger partial charge in [-0.2, -0.15) is 0 Å². The second-order valence-corrected chi connectivity index (χ2v) is 13.1. The summed E-state index contributed by atoms with van der Waals surface area (Å²) in [7, 11) is 0. The molecule has 0 unspecified atom stereocenters. The van der Waals surface area contributed by atoms with Gasteiger partial charge in [-0.15, -0.1) is 0 Å². The maximum atomic E-state index is 13.3. The lowest BCUT2D eigenvalue weighted by Crippen LogP contribution is -2.60. The van der Waals surface area contributed by atoms with Gasteiger partial charge in [0.05, 0.1) is 12.7 Å². The monoisotopic (exact) mass is 687 g/mol. The number of nitrogens with one attached hydrogen (secondary N) is 6. The fourth-order valence-electron chi connectivity index (χ4n) is 4.38. The van der Waals surface area contributed by atoms with Crippen LogP contribution >= 0.6 is 0 Å². The Labute approximate surface area is 282 Å². The molecule has 0 saturated heterocycles. The van der Waals surface area contributed by atoms with E-state index in [1.54, 1.807) is 27.7 Å². The van der Waals surface area contributed by atoms with Crippen LogP contribution < -0.4 is 37.6 Å². The first kappa shape index (κ1) is 44.2. The molecule has 0 rings (SSSR count). The number of aliphatic hydroxyl groups is 2. The van der Waals surface area contributed by atoms with Crippen molar-refractivity contribution in [2.45, 2.75) is 130 Å². The molecule has 0 aliphatic heterocycles. The van der Waals surface area contributed by atoms with Crippen molar-refractivity contribution >= 4 is 41.4 Å². The van der Waals surface area contributed by atoms with Crippen molar-refractivity contribution in [3.63, 3.8) is 0 Å². The number of carboxylic acid groups (broad SMARTS) is 1. The van der Waals surface area contributed by atoms with Crippen molar-refractivity contribution in [3.05, 3.63) is 0 Å². The van der Waals surface area contributed by atoms with Gasteiger partial charge in [0.2, 0.25) is 35.4 Å². The van der Waals surface area contributed by atoms with Gasteiger partial charge >= 0.3 is 5.97 Å². The molecule has 0 bridgehead atoms. The molecule has 276 valence electrons. The van der Waals surface area contributed by atoms with Gasteiger partial charge in [0.25, 0.3) is 0 Å². The molecule has 11 N–H and O–H groups in total. The Morgan fingerprint density at radius 2 is 0.979 bits per heavy atom. The molecule has 0 heterocycles. The van der Waals surface area contributed by atoms with Gasteiger partial charge in [-0.25, -0.2) is 4.79 Å². The van der Waals surface area contributed by atoms with Crippen LogP contribution in [0.5, 0.6) is 0 Å². The Morgan fingerprint density at radius 3 is 1.35 bits per heavy atom. The molecule has 0 aliphatic rings. The average Bonchev–Trinajstić information content (AvgIpc) is 2.99. The van der Waals surface area contributed by atoms with Crippen LogP contribution in [0.1, 0.15) is 81.6 Å². The van der Waals surface area contributed by atoms with Crippen LogP contribution in [-0.4, -0.2) is 112 Å². The van der Waals surface area contributed by atoms with E-state index in [1.807, 2.05) is 13.8 Å². The van der Waals surface area contributed by atoms with Crippen LogP contribution in [0.2, 0.25) is 0 Å². The number of carbonyl (C=O) groups is 7. The zero-order valence-corrected chi connectivity index (χ0v) is 29.5. The van der Waals surface area contributed by atoms with E-state index in [0.717, 1.165) is 0 Å². The molecule has 0 spiro atoms. The minimum absolute atomic E-state index is 0.0848. The number of aliphatic carboxylic acids is 1. The van der Waals surface area contributed by atoms with Gasteiger partial charge in [0, 0.05) is 0 Å². The molecule has 0 aromatic heterocycles. The summed E-state index contributed by atoms with van der Waals surface area (Å²) in [5.74, 6) is -6.35. The summed E-state index contributed by atoms with van der Waals surface area (Å²) in [5, 5.41) is 42.9. The highest BCUT2D eigenvalue weighted by molar-refractivity contribution is 5.96. The first-order valence-electron chi connectivity index (χ1n) is 16.3. The van der Waals surface area contributed by atoms with E-state index in [4.69, 9.17) is 5.73 Å². The van der Waals surface area contributed by atoms with Gasteiger partial charge in [-0.05, 0) is 51.4 Å². The van der Waals surface area contributed by atoms with Crippen LogP contribution in [0.4, 0.5) is 0 Å². The second kappa shape index (κ2) is 21.2. The zero-order valence-electron chi connectivity index (χ0n) is 29.5. The van der Waals surface area contributed by atoms with Gasteiger partial charge < -0.3 is 53.0 Å². The fraction of sp³-hybridized carbons (Fsp3) is 0.774. The minimum Gasteiger partial charge on any atom is -0.480 e. The first-order chi connectivity index (χ1) is 22.2. The molecule has 17 nitrogen and oxygen atoms in total. The lowest BCUT2D eigenvalue weighted by molar-refractivity contribution is -0.143. The Morgan fingerprint density at radius 1 is 0.583 bits per heavy atom. The molecule has 0 aromatic carbocycles. The van der Waals surface area contributed by atoms with Gasteiger partial charge in [0.15, 0.2) is 0 Å². The van der Waals surface area contributed by atoms with Crippen LogP contribution in [-0.2, 0) is 33.6 Å². The summed E-state index contributed by atoms with van der Waals surface area (Å²) in [6, 6.07) is -8.48. The molecule has 0 aliphatic carbocycles. The number of amides is 6. The molecule has 6 amide bonds. The number of aliphatic hydroxyl groups excluding tert-OH is 2. The van der Waals surface area contributed by atoms with Crippen molar-refractivity contribution in [3.8, 4) is 0 Å². The third kappa shape index (κ3) is 15.4. The van der Waals surface area contributed by atoms with Crippen LogP contribution in [0.15, 0.2) is 0 Å². The third-order valence-corrected chi connectivity index (χ3v) is 7.60. The Kier molecular flexibility index (Phi) is 19.5. The zero-order chi connectivity index (χ0) is 37.5. The number of hydrogen-bond acceptors (Lipinski definition) is 10. The quantitative estimate of drug-likeness (QED) is 0.0621. The van der Waals surface area contributed by atoms with Crippen molar-refractivity contribution in [1.29, 1.82) is 0 Å². The second-order valence-electron chi connectivity index (χ2n) is 13.1. The van der Waals surface area contributed by atoms with Crippen LogP contribution in [0, 0.1) is 17.8 Å². The van der Waals surface area contributed by atoms with E-state index in [-0.39, 0.29) is 30.6 Å². The molecule has 0 aromatic rings. The van der Waals surface area contributed by atoms with Crippen LogP contribution in [0.3, 0.4) is 0 Å². The summed E-state index contributed by atoms with van der Waals surface area (Å²) in [6.07, 6.45) is -0.350. The van der Waals surface area contributed by atoms with Gasteiger partial charge in [-0.3, -0.25) is 28.8 Å². The van der Waals surface area contributed by atoms with E-state index in [1.165, 1.54) is 20.8 Å². The van der Waals surface area contributed by atoms with E-state index < -0.39 is 96.4 Å². The van der Waals surface area contributed by atoms with Crippen molar-refractivity contribution < 1.29 is 48.9 Å².